The van der Waals surface area contributed by atoms with E-state index in [9.17, 15) is 9.59 Å². The van der Waals surface area contributed by atoms with Crippen molar-refractivity contribution in [2.45, 2.75) is 26.3 Å². The lowest BCUT2D eigenvalue weighted by Gasteiger charge is -2.14. The number of ether oxygens (including phenoxy) is 1. The van der Waals surface area contributed by atoms with Crippen LogP contribution >= 0.6 is 11.3 Å². The predicted octanol–water partition coefficient (Wildman–Crippen LogP) is 1.18. The van der Waals surface area contributed by atoms with Gasteiger partial charge in [0.15, 0.2) is 0 Å². The molecule has 9 heteroatoms. The van der Waals surface area contributed by atoms with Crippen LogP contribution in [0.25, 0.3) is 0 Å². The van der Waals surface area contributed by atoms with Crippen LogP contribution in [0.1, 0.15) is 24.4 Å². The van der Waals surface area contributed by atoms with Crippen molar-refractivity contribution < 1.29 is 14.3 Å². The fraction of sp³-hybridized carbons (Fsp3) is 0.412. The highest BCUT2D eigenvalue weighted by Gasteiger charge is 2.18. The molecule has 0 bridgehead atoms. The molecule has 0 aliphatic heterocycles. The van der Waals surface area contributed by atoms with Crippen molar-refractivity contribution in [3.63, 3.8) is 0 Å². The van der Waals surface area contributed by atoms with Crippen molar-refractivity contribution in [2.75, 3.05) is 19.0 Å². The van der Waals surface area contributed by atoms with Gasteiger partial charge in [0.2, 0.25) is 16.9 Å². The van der Waals surface area contributed by atoms with Crippen LogP contribution in [0.3, 0.4) is 0 Å². The van der Waals surface area contributed by atoms with Crippen LogP contribution in [0.2, 0.25) is 0 Å². The topological polar surface area (TPSA) is 119 Å². The molecule has 0 saturated heterocycles. The molecule has 4 N–H and O–H groups in total. The fourth-order valence-corrected chi connectivity index (χ4v) is 2.87. The van der Waals surface area contributed by atoms with Crippen LogP contribution < -0.4 is 21.1 Å². The molecule has 2 rings (SSSR count). The average molecular weight is 377 g/mol. The van der Waals surface area contributed by atoms with Gasteiger partial charge in [0, 0.05) is 6.42 Å². The van der Waals surface area contributed by atoms with Gasteiger partial charge < -0.3 is 15.8 Å². The third kappa shape index (κ3) is 5.78. The van der Waals surface area contributed by atoms with Crippen LogP contribution in [0, 0.1) is 5.92 Å². The zero-order valence-corrected chi connectivity index (χ0v) is 15.8. The lowest BCUT2D eigenvalue weighted by Crippen LogP contribution is -2.46. The first-order valence-corrected chi connectivity index (χ1v) is 8.99. The van der Waals surface area contributed by atoms with E-state index in [1.165, 1.54) is 11.3 Å². The Morgan fingerprint density at radius 3 is 2.77 bits per heavy atom. The van der Waals surface area contributed by atoms with Crippen LogP contribution in [0.4, 0.5) is 5.13 Å². The van der Waals surface area contributed by atoms with Gasteiger partial charge in [0.05, 0.1) is 19.7 Å². The molecule has 0 spiro atoms. The number of benzene rings is 1. The standard InChI is InChI=1S/C17H23N5O3S/c1-10(2)15(18)16(24)19-9-13(23)20-17-22-21-14(26-17)8-11-5-4-6-12(7-11)25-3/h4-7,10,15H,8-9,18H2,1-3H3,(H,19,24)(H,20,22,23)/t15-/m0/s1. The Balaban J connectivity index is 1.85. The van der Waals surface area contributed by atoms with Crippen LogP contribution in [-0.2, 0) is 16.0 Å². The number of rotatable bonds is 8. The summed E-state index contributed by atoms with van der Waals surface area (Å²) in [6.07, 6.45) is 0.588. The number of nitrogens with one attached hydrogen (secondary N) is 2. The molecule has 0 aliphatic rings. The molecule has 1 atom stereocenters. The number of anilines is 1. The molecule has 8 nitrogen and oxygen atoms in total. The molecule has 1 aromatic heterocycles. The number of aromatic nitrogens is 2. The van der Waals surface area contributed by atoms with E-state index in [0.29, 0.717) is 11.6 Å². The van der Waals surface area contributed by atoms with E-state index in [0.717, 1.165) is 16.3 Å². The summed E-state index contributed by atoms with van der Waals surface area (Å²) < 4.78 is 5.20. The average Bonchev–Trinajstić information content (AvgIpc) is 3.05. The maximum Gasteiger partial charge on any atom is 0.245 e. The van der Waals surface area contributed by atoms with Gasteiger partial charge in [-0.15, -0.1) is 10.2 Å². The summed E-state index contributed by atoms with van der Waals surface area (Å²) in [5.74, 6) is 0.0424. The van der Waals surface area contributed by atoms with Gasteiger partial charge in [0.25, 0.3) is 0 Å². The highest BCUT2D eigenvalue weighted by molar-refractivity contribution is 7.15. The lowest BCUT2D eigenvalue weighted by atomic mass is 10.1. The molecular weight excluding hydrogens is 354 g/mol. The van der Waals surface area contributed by atoms with Crippen molar-refractivity contribution in [3.05, 3.63) is 34.8 Å². The van der Waals surface area contributed by atoms with Gasteiger partial charge in [-0.2, -0.15) is 0 Å². The van der Waals surface area contributed by atoms with Gasteiger partial charge in [-0.3, -0.25) is 14.9 Å². The second kappa shape index (κ2) is 9.25. The lowest BCUT2D eigenvalue weighted by molar-refractivity contribution is -0.125. The Labute approximate surface area is 156 Å². The third-order valence-electron chi connectivity index (χ3n) is 3.65. The number of hydrogen-bond donors (Lipinski definition) is 3. The molecule has 0 saturated carbocycles. The van der Waals surface area contributed by atoms with Gasteiger partial charge in [-0.1, -0.05) is 37.3 Å². The first kappa shape index (κ1) is 19.8. The van der Waals surface area contributed by atoms with Crippen molar-refractivity contribution in [3.8, 4) is 5.75 Å². The van der Waals surface area contributed by atoms with E-state index in [1.54, 1.807) is 7.11 Å². The van der Waals surface area contributed by atoms with Gasteiger partial charge >= 0.3 is 0 Å². The fourth-order valence-electron chi connectivity index (χ4n) is 2.08. The summed E-state index contributed by atoms with van der Waals surface area (Å²) >= 11 is 1.28. The maximum absolute atomic E-state index is 11.9. The minimum absolute atomic E-state index is 0.000364. The number of hydrogen-bond acceptors (Lipinski definition) is 7. The highest BCUT2D eigenvalue weighted by Crippen LogP contribution is 2.20. The largest absolute Gasteiger partial charge is 0.497 e. The summed E-state index contributed by atoms with van der Waals surface area (Å²) in [5, 5.41) is 14.3. The van der Waals surface area contributed by atoms with Crippen molar-refractivity contribution >= 4 is 28.3 Å². The molecular formula is C17H23N5O3S. The minimum Gasteiger partial charge on any atom is -0.497 e. The van der Waals surface area contributed by atoms with Crippen molar-refractivity contribution in [2.24, 2.45) is 11.7 Å². The van der Waals surface area contributed by atoms with Crippen LogP contribution in [-0.4, -0.2) is 41.7 Å². The molecule has 0 aliphatic carbocycles. The van der Waals surface area contributed by atoms with Crippen molar-refractivity contribution in [1.82, 2.24) is 15.5 Å². The first-order chi connectivity index (χ1) is 12.4. The number of carbonyl (C=O) groups excluding carboxylic acids is 2. The molecule has 1 aromatic carbocycles. The SMILES string of the molecule is COc1cccc(Cc2nnc(NC(=O)CNC(=O)[C@@H](N)C(C)C)s2)c1. The third-order valence-corrected chi connectivity index (χ3v) is 4.49. The number of amides is 2. The zero-order chi connectivity index (χ0) is 19.1. The Bertz CT molecular complexity index is 762. The molecule has 1 heterocycles. The minimum atomic E-state index is -0.640. The monoisotopic (exact) mass is 377 g/mol. The van der Waals surface area contributed by atoms with E-state index in [2.05, 4.69) is 20.8 Å². The predicted molar refractivity (Wildman–Crippen MR) is 100 cm³/mol. The summed E-state index contributed by atoms with van der Waals surface area (Å²) in [6.45, 7) is 3.52. The summed E-state index contributed by atoms with van der Waals surface area (Å²) in [4.78, 5) is 23.7. The van der Waals surface area contributed by atoms with Crippen LogP contribution in [0.15, 0.2) is 24.3 Å². The molecule has 26 heavy (non-hydrogen) atoms. The number of nitrogens with two attached hydrogens (primary N) is 1. The quantitative estimate of drug-likeness (QED) is 0.635. The Morgan fingerprint density at radius 2 is 2.08 bits per heavy atom. The van der Waals surface area contributed by atoms with Gasteiger partial charge in [0.1, 0.15) is 10.8 Å². The van der Waals surface area contributed by atoms with E-state index < -0.39 is 6.04 Å². The Kier molecular flexibility index (Phi) is 7.05. The Hall–Kier alpha value is -2.52. The number of methoxy groups -OCH3 is 1. The molecule has 2 amide bonds. The van der Waals surface area contributed by atoms with Crippen LogP contribution in [0.5, 0.6) is 5.75 Å². The highest BCUT2D eigenvalue weighted by atomic mass is 32.1. The molecule has 0 unspecified atom stereocenters. The second-order valence-electron chi connectivity index (χ2n) is 6.07. The molecule has 2 aromatic rings. The summed E-state index contributed by atoms with van der Waals surface area (Å²) in [5.41, 5.74) is 6.76. The van der Waals surface area contributed by atoms with E-state index in [4.69, 9.17) is 10.5 Å². The molecule has 0 fully saturated rings. The summed E-state index contributed by atoms with van der Waals surface area (Å²) in [7, 11) is 1.62. The number of nitrogens with zero attached hydrogens (tertiary/aromatic N) is 2. The molecule has 0 radical (unpaired) electrons. The zero-order valence-electron chi connectivity index (χ0n) is 15.0. The smallest absolute Gasteiger partial charge is 0.245 e. The normalized spacial score (nSPS) is 11.9. The summed E-state index contributed by atoms with van der Waals surface area (Å²) in [6, 6.07) is 7.03. The van der Waals surface area contributed by atoms with E-state index in [1.807, 2.05) is 38.1 Å². The van der Waals surface area contributed by atoms with Gasteiger partial charge in [-0.05, 0) is 23.6 Å². The van der Waals surface area contributed by atoms with E-state index >= 15 is 0 Å². The number of carbonyl (C=O) groups is 2. The van der Waals surface area contributed by atoms with Crippen molar-refractivity contribution in [1.29, 1.82) is 0 Å². The first-order valence-electron chi connectivity index (χ1n) is 8.17. The van der Waals surface area contributed by atoms with E-state index in [-0.39, 0.29) is 24.3 Å². The molecule has 140 valence electrons. The van der Waals surface area contributed by atoms with Gasteiger partial charge in [-0.25, -0.2) is 0 Å². The maximum atomic E-state index is 11.9. The Morgan fingerprint density at radius 1 is 1.31 bits per heavy atom. The second-order valence-corrected chi connectivity index (χ2v) is 7.13.